The molecule has 3 nitrogen and oxygen atoms in total. The van der Waals surface area contributed by atoms with Crippen LogP contribution in [0.15, 0.2) is 24.3 Å². The summed E-state index contributed by atoms with van der Waals surface area (Å²) in [5.41, 5.74) is 0.301. The van der Waals surface area contributed by atoms with Crippen molar-refractivity contribution in [2.75, 3.05) is 6.61 Å². The minimum atomic E-state index is -0.467. The van der Waals surface area contributed by atoms with Crippen LogP contribution in [0.5, 0.6) is 0 Å². The van der Waals surface area contributed by atoms with Gasteiger partial charge in [0, 0.05) is 16.1 Å². The first-order valence-electron chi connectivity index (χ1n) is 7.10. The minimum absolute atomic E-state index is 0.0183. The maximum absolute atomic E-state index is 12.0. The Bertz CT molecular complexity index is 517. The van der Waals surface area contributed by atoms with Crippen molar-refractivity contribution in [2.24, 2.45) is 0 Å². The first kappa shape index (κ1) is 16.3. The van der Waals surface area contributed by atoms with Crippen LogP contribution in [0.4, 0.5) is 0 Å². The molecule has 1 aliphatic rings. The van der Waals surface area contributed by atoms with Crippen molar-refractivity contribution < 1.29 is 9.90 Å². The van der Waals surface area contributed by atoms with Crippen molar-refractivity contribution in [1.29, 1.82) is 0 Å². The molecule has 2 rings (SSSR count). The van der Waals surface area contributed by atoms with Gasteiger partial charge in [0.1, 0.15) is 0 Å². The number of benzene rings is 1. The predicted octanol–water partition coefficient (Wildman–Crippen LogP) is 3.82. The van der Waals surface area contributed by atoms with Crippen LogP contribution in [0.1, 0.15) is 37.7 Å². The molecule has 114 valence electrons. The quantitative estimate of drug-likeness (QED) is 0.826. The second-order valence-corrected chi connectivity index (χ2v) is 6.40. The molecule has 0 bridgehead atoms. The van der Waals surface area contributed by atoms with Gasteiger partial charge in [-0.3, -0.25) is 4.79 Å². The second kappa shape index (κ2) is 7.30. The maximum Gasteiger partial charge on any atom is 0.244 e. The molecule has 1 aliphatic carbocycles. The molecule has 0 aliphatic heterocycles. The van der Waals surface area contributed by atoms with E-state index in [0.29, 0.717) is 10.0 Å². The maximum atomic E-state index is 12.0. The number of aliphatic hydroxyl groups is 1. The molecule has 0 radical (unpaired) electrons. The Morgan fingerprint density at radius 2 is 1.81 bits per heavy atom. The SMILES string of the molecule is O=C(C=Cc1cc(Cl)cc(Cl)c1)NC1(CO)CCCCC1. The average molecular weight is 328 g/mol. The third-order valence-electron chi connectivity index (χ3n) is 3.81. The summed E-state index contributed by atoms with van der Waals surface area (Å²) in [4.78, 5) is 12.0. The summed E-state index contributed by atoms with van der Waals surface area (Å²) in [7, 11) is 0. The summed E-state index contributed by atoms with van der Waals surface area (Å²) < 4.78 is 0. The second-order valence-electron chi connectivity index (χ2n) is 5.52. The lowest BCUT2D eigenvalue weighted by Crippen LogP contribution is -2.52. The van der Waals surface area contributed by atoms with Crippen molar-refractivity contribution in [1.82, 2.24) is 5.32 Å². The van der Waals surface area contributed by atoms with Gasteiger partial charge in [-0.2, -0.15) is 0 Å². The van der Waals surface area contributed by atoms with E-state index in [9.17, 15) is 9.90 Å². The smallest absolute Gasteiger partial charge is 0.244 e. The van der Waals surface area contributed by atoms with E-state index in [-0.39, 0.29) is 12.5 Å². The summed E-state index contributed by atoms with van der Waals surface area (Å²) in [5.74, 6) is -0.206. The Morgan fingerprint density at radius 1 is 1.19 bits per heavy atom. The van der Waals surface area contributed by atoms with Gasteiger partial charge >= 0.3 is 0 Å². The summed E-state index contributed by atoms with van der Waals surface area (Å²) >= 11 is 11.8. The molecular weight excluding hydrogens is 309 g/mol. The monoisotopic (exact) mass is 327 g/mol. The highest BCUT2D eigenvalue weighted by atomic mass is 35.5. The molecule has 21 heavy (non-hydrogen) atoms. The fourth-order valence-corrected chi connectivity index (χ4v) is 3.24. The Hall–Kier alpha value is -1.03. The fraction of sp³-hybridized carbons (Fsp3) is 0.438. The lowest BCUT2D eigenvalue weighted by molar-refractivity contribution is -0.119. The molecule has 2 N–H and O–H groups in total. The summed E-state index contributed by atoms with van der Waals surface area (Å²) in [6, 6.07) is 5.11. The number of nitrogens with one attached hydrogen (secondary N) is 1. The topological polar surface area (TPSA) is 49.3 Å². The van der Waals surface area contributed by atoms with E-state index in [4.69, 9.17) is 23.2 Å². The molecule has 0 aromatic heterocycles. The molecule has 1 aromatic carbocycles. The molecular formula is C16H19Cl2NO2. The molecule has 1 saturated carbocycles. The van der Waals surface area contributed by atoms with Crippen LogP contribution in [0.25, 0.3) is 6.08 Å². The number of halogens is 2. The molecule has 0 heterocycles. The predicted molar refractivity (Wildman–Crippen MR) is 86.5 cm³/mol. The molecule has 0 saturated heterocycles. The third-order valence-corrected chi connectivity index (χ3v) is 4.25. The largest absolute Gasteiger partial charge is 0.394 e. The minimum Gasteiger partial charge on any atom is -0.394 e. The van der Waals surface area contributed by atoms with E-state index in [1.807, 2.05) is 0 Å². The number of hydrogen-bond donors (Lipinski definition) is 2. The van der Waals surface area contributed by atoms with Crippen molar-refractivity contribution in [3.8, 4) is 0 Å². The van der Waals surface area contributed by atoms with Crippen LogP contribution in [-0.2, 0) is 4.79 Å². The molecule has 1 amide bonds. The highest BCUT2D eigenvalue weighted by Crippen LogP contribution is 2.27. The zero-order chi connectivity index (χ0) is 15.3. The number of aliphatic hydroxyl groups excluding tert-OH is 1. The molecule has 0 unspecified atom stereocenters. The molecule has 1 aromatic rings. The van der Waals surface area contributed by atoms with Crippen molar-refractivity contribution in [3.63, 3.8) is 0 Å². The van der Waals surface area contributed by atoms with E-state index in [1.165, 1.54) is 6.08 Å². The van der Waals surface area contributed by atoms with Crippen LogP contribution in [0.2, 0.25) is 10.0 Å². The van der Waals surface area contributed by atoms with Gasteiger partial charge in [-0.05, 0) is 42.7 Å². The zero-order valence-electron chi connectivity index (χ0n) is 11.7. The number of hydrogen-bond acceptors (Lipinski definition) is 2. The molecule has 1 fully saturated rings. The number of rotatable bonds is 4. The molecule has 0 atom stereocenters. The third kappa shape index (κ3) is 4.73. The zero-order valence-corrected chi connectivity index (χ0v) is 13.3. The van der Waals surface area contributed by atoms with Gasteiger partial charge in [-0.1, -0.05) is 42.5 Å². The first-order valence-corrected chi connectivity index (χ1v) is 7.86. The van der Waals surface area contributed by atoms with E-state index in [0.717, 1.165) is 37.7 Å². The number of carbonyl (C=O) groups excluding carboxylic acids is 1. The lowest BCUT2D eigenvalue weighted by Gasteiger charge is -2.36. The standard InChI is InChI=1S/C16H19Cl2NO2/c17-13-8-12(9-14(18)10-13)4-5-15(21)19-16(11-20)6-2-1-3-7-16/h4-5,8-10,20H,1-3,6-7,11H2,(H,19,21). The van der Waals surface area contributed by atoms with Crippen LogP contribution in [-0.4, -0.2) is 23.2 Å². The average Bonchev–Trinajstić information content (AvgIpc) is 2.45. The summed E-state index contributed by atoms with van der Waals surface area (Å²) in [5, 5.41) is 13.6. The molecule has 0 spiro atoms. The first-order chi connectivity index (χ1) is 10.0. The van der Waals surface area contributed by atoms with E-state index < -0.39 is 5.54 Å². The van der Waals surface area contributed by atoms with E-state index >= 15 is 0 Å². The Labute approximate surface area is 134 Å². The molecule has 5 heteroatoms. The van der Waals surface area contributed by atoms with Gasteiger partial charge in [0.05, 0.1) is 12.1 Å². The van der Waals surface area contributed by atoms with Gasteiger partial charge in [0.25, 0.3) is 0 Å². The number of amides is 1. The van der Waals surface area contributed by atoms with Crippen molar-refractivity contribution in [3.05, 3.63) is 39.9 Å². The normalized spacial score (nSPS) is 17.9. The van der Waals surface area contributed by atoms with E-state index in [2.05, 4.69) is 5.32 Å². The highest BCUT2D eigenvalue weighted by molar-refractivity contribution is 6.34. The van der Waals surface area contributed by atoms with Gasteiger partial charge in [0.15, 0.2) is 0 Å². The lowest BCUT2D eigenvalue weighted by atomic mass is 9.82. The van der Waals surface area contributed by atoms with Crippen LogP contribution in [0, 0.1) is 0 Å². The fourth-order valence-electron chi connectivity index (χ4n) is 2.70. The van der Waals surface area contributed by atoms with Crippen LogP contribution >= 0.6 is 23.2 Å². The van der Waals surface area contributed by atoms with Gasteiger partial charge in [-0.15, -0.1) is 0 Å². The van der Waals surface area contributed by atoms with E-state index in [1.54, 1.807) is 24.3 Å². The van der Waals surface area contributed by atoms with Crippen LogP contribution < -0.4 is 5.32 Å². The van der Waals surface area contributed by atoms with Crippen molar-refractivity contribution in [2.45, 2.75) is 37.6 Å². The Balaban J connectivity index is 2.01. The summed E-state index contributed by atoms with van der Waals surface area (Å²) in [6.45, 7) is -0.0183. The van der Waals surface area contributed by atoms with Gasteiger partial charge in [-0.25, -0.2) is 0 Å². The van der Waals surface area contributed by atoms with Crippen molar-refractivity contribution >= 4 is 35.2 Å². The van der Waals surface area contributed by atoms with Gasteiger partial charge < -0.3 is 10.4 Å². The highest BCUT2D eigenvalue weighted by Gasteiger charge is 2.32. The number of carbonyl (C=O) groups is 1. The Morgan fingerprint density at radius 3 is 2.38 bits per heavy atom. The van der Waals surface area contributed by atoms with Gasteiger partial charge in [0.2, 0.25) is 5.91 Å². The summed E-state index contributed by atoms with van der Waals surface area (Å²) in [6.07, 6.45) is 8.00. The van der Waals surface area contributed by atoms with Crippen LogP contribution in [0.3, 0.4) is 0 Å². The Kier molecular flexibility index (Phi) is 5.68.